The van der Waals surface area contributed by atoms with Gasteiger partial charge in [0.1, 0.15) is 10.0 Å². The Morgan fingerprint density at radius 3 is 2.89 bits per heavy atom. The van der Waals surface area contributed by atoms with E-state index in [0.29, 0.717) is 13.2 Å². The summed E-state index contributed by atoms with van der Waals surface area (Å²) in [5.41, 5.74) is 0. The molecule has 106 valence electrons. The lowest BCUT2D eigenvalue weighted by atomic mass is 10.5. The lowest BCUT2D eigenvalue weighted by Gasteiger charge is -2.08. The summed E-state index contributed by atoms with van der Waals surface area (Å²) in [5, 5.41) is 2.34. The zero-order valence-electron chi connectivity index (χ0n) is 10.2. The van der Waals surface area contributed by atoms with Crippen LogP contribution in [0.1, 0.15) is 0 Å². The number of carbonyl (C=O) groups excluding carboxylic acids is 1. The lowest BCUT2D eigenvalue weighted by molar-refractivity contribution is -0.120. The van der Waals surface area contributed by atoms with Gasteiger partial charge in [0.05, 0.1) is 13.2 Å². The standard InChI is InChI=1S/C10H14ClN3O4S/c1-18-6-5-12-9(15)7-14-19(16,17)8-3-2-4-13-10(8)11/h2-4,14H,5-7H2,1H3,(H,12,15). The van der Waals surface area contributed by atoms with Gasteiger partial charge >= 0.3 is 0 Å². The third-order valence-electron chi connectivity index (χ3n) is 2.07. The fourth-order valence-corrected chi connectivity index (χ4v) is 2.60. The van der Waals surface area contributed by atoms with Crippen LogP contribution in [0.2, 0.25) is 5.15 Å². The first kappa shape index (κ1) is 15.8. The van der Waals surface area contributed by atoms with E-state index in [0.717, 1.165) is 0 Å². The van der Waals surface area contributed by atoms with E-state index in [9.17, 15) is 13.2 Å². The molecule has 0 unspecified atom stereocenters. The minimum absolute atomic E-state index is 0.144. The second-order valence-corrected chi connectivity index (χ2v) is 5.55. The first-order chi connectivity index (χ1) is 8.97. The van der Waals surface area contributed by atoms with Crippen LogP contribution in [0.15, 0.2) is 23.2 Å². The van der Waals surface area contributed by atoms with Gasteiger partial charge < -0.3 is 10.1 Å². The molecule has 1 rings (SSSR count). The molecular weight excluding hydrogens is 294 g/mol. The average Bonchev–Trinajstić information content (AvgIpc) is 2.37. The molecule has 0 aliphatic carbocycles. The molecule has 0 bridgehead atoms. The van der Waals surface area contributed by atoms with Crippen molar-refractivity contribution >= 4 is 27.5 Å². The van der Waals surface area contributed by atoms with Gasteiger partial charge in [0, 0.05) is 19.9 Å². The van der Waals surface area contributed by atoms with Gasteiger partial charge in [-0.1, -0.05) is 11.6 Å². The quantitative estimate of drug-likeness (QED) is 0.536. The van der Waals surface area contributed by atoms with E-state index >= 15 is 0 Å². The molecule has 0 atom stereocenters. The van der Waals surface area contributed by atoms with Crippen molar-refractivity contribution in [1.82, 2.24) is 15.0 Å². The Hall–Kier alpha value is -1.22. The van der Waals surface area contributed by atoms with E-state index in [2.05, 4.69) is 15.0 Å². The fraction of sp³-hybridized carbons (Fsp3) is 0.400. The maximum Gasteiger partial charge on any atom is 0.244 e. The SMILES string of the molecule is COCCNC(=O)CNS(=O)(=O)c1cccnc1Cl. The van der Waals surface area contributed by atoms with Crippen molar-refractivity contribution in [3.8, 4) is 0 Å². The van der Waals surface area contributed by atoms with Gasteiger partial charge in [0.25, 0.3) is 0 Å². The highest BCUT2D eigenvalue weighted by Gasteiger charge is 2.18. The smallest absolute Gasteiger partial charge is 0.244 e. The van der Waals surface area contributed by atoms with E-state index in [4.69, 9.17) is 16.3 Å². The number of carbonyl (C=O) groups is 1. The summed E-state index contributed by atoms with van der Waals surface area (Å²) in [5.74, 6) is -0.458. The number of aromatic nitrogens is 1. The molecule has 1 amide bonds. The number of nitrogens with one attached hydrogen (secondary N) is 2. The molecule has 2 N–H and O–H groups in total. The number of methoxy groups -OCH3 is 1. The van der Waals surface area contributed by atoms with E-state index in [1.54, 1.807) is 0 Å². The van der Waals surface area contributed by atoms with E-state index < -0.39 is 15.9 Å². The van der Waals surface area contributed by atoms with Gasteiger partial charge in [0.2, 0.25) is 15.9 Å². The fourth-order valence-electron chi connectivity index (χ4n) is 1.17. The number of hydrogen-bond acceptors (Lipinski definition) is 5. The molecule has 0 fully saturated rings. The topological polar surface area (TPSA) is 97.4 Å². The van der Waals surface area contributed by atoms with E-state index in [1.807, 2.05) is 0 Å². The van der Waals surface area contributed by atoms with Gasteiger partial charge in [-0.05, 0) is 12.1 Å². The first-order valence-electron chi connectivity index (χ1n) is 5.33. The average molecular weight is 308 g/mol. The summed E-state index contributed by atoms with van der Waals surface area (Å²) in [7, 11) is -2.35. The molecule has 0 spiro atoms. The third-order valence-corrected chi connectivity index (χ3v) is 3.91. The second-order valence-electron chi connectivity index (χ2n) is 3.46. The summed E-state index contributed by atoms with van der Waals surface area (Å²) < 4.78 is 30.6. The van der Waals surface area contributed by atoms with Crippen LogP contribution < -0.4 is 10.0 Å². The Labute approximate surface area is 116 Å². The van der Waals surface area contributed by atoms with Crippen LogP contribution in [0.25, 0.3) is 0 Å². The molecule has 0 radical (unpaired) electrons. The van der Waals surface area contributed by atoms with E-state index in [1.165, 1.54) is 25.4 Å². The number of rotatable bonds is 7. The maximum absolute atomic E-state index is 11.8. The van der Waals surface area contributed by atoms with Crippen molar-refractivity contribution in [3.63, 3.8) is 0 Å². The molecule has 7 nitrogen and oxygen atoms in total. The molecule has 0 aromatic carbocycles. The minimum Gasteiger partial charge on any atom is -0.383 e. The molecule has 1 aromatic heterocycles. The Kier molecular flexibility index (Phi) is 6.16. The van der Waals surface area contributed by atoms with Crippen LogP contribution in [-0.2, 0) is 19.6 Å². The second kappa shape index (κ2) is 7.39. The summed E-state index contributed by atoms with van der Waals surface area (Å²) >= 11 is 5.68. The van der Waals surface area contributed by atoms with Crippen molar-refractivity contribution in [3.05, 3.63) is 23.5 Å². The normalized spacial score (nSPS) is 11.3. The Morgan fingerprint density at radius 2 is 2.26 bits per heavy atom. The number of nitrogens with zero attached hydrogens (tertiary/aromatic N) is 1. The van der Waals surface area contributed by atoms with Gasteiger partial charge in [-0.25, -0.2) is 18.1 Å². The van der Waals surface area contributed by atoms with Crippen LogP contribution in [0, 0.1) is 0 Å². The lowest BCUT2D eigenvalue weighted by Crippen LogP contribution is -2.38. The predicted molar refractivity (Wildman–Crippen MR) is 69.3 cm³/mol. The number of hydrogen-bond donors (Lipinski definition) is 2. The molecular formula is C10H14ClN3O4S. The van der Waals surface area contributed by atoms with Crippen LogP contribution in [0.3, 0.4) is 0 Å². The molecule has 1 aromatic rings. The third kappa shape index (κ3) is 5.11. The Bertz CT molecular complexity index is 535. The Balaban J connectivity index is 2.57. The van der Waals surface area contributed by atoms with Crippen molar-refractivity contribution in [2.45, 2.75) is 4.90 Å². The predicted octanol–water partition coefficient (Wildman–Crippen LogP) is -0.224. The Morgan fingerprint density at radius 1 is 1.53 bits per heavy atom. The van der Waals surface area contributed by atoms with Gasteiger partial charge in [-0.3, -0.25) is 4.79 Å². The van der Waals surface area contributed by atoms with Crippen LogP contribution in [0.5, 0.6) is 0 Å². The summed E-state index contributed by atoms with van der Waals surface area (Å²) in [6.07, 6.45) is 1.37. The highest BCUT2D eigenvalue weighted by atomic mass is 35.5. The zero-order valence-corrected chi connectivity index (χ0v) is 11.8. The molecule has 0 saturated carbocycles. The van der Waals surface area contributed by atoms with Crippen LogP contribution in [-0.4, -0.2) is 46.1 Å². The molecule has 9 heteroatoms. The molecule has 19 heavy (non-hydrogen) atoms. The van der Waals surface area contributed by atoms with Crippen LogP contribution in [0.4, 0.5) is 0 Å². The molecule has 0 aliphatic rings. The summed E-state index contributed by atoms with van der Waals surface area (Å²) in [6.45, 7) is 0.287. The largest absolute Gasteiger partial charge is 0.383 e. The van der Waals surface area contributed by atoms with Crippen molar-refractivity contribution in [2.24, 2.45) is 0 Å². The van der Waals surface area contributed by atoms with Gasteiger partial charge in [-0.15, -0.1) is 0 Å². The number of ether oxygens (including phenoxy) is 1. The number of amides is 1. The molecule has 0 aliphatic heterocycles. The number of halogens is 1. The number of pyridine rings is 1. The van der Waals surface area contributed by atoms with Crippen LogP contribution >= 0.6 is 11.6 Å². The van der Waals surface area contributed by atoms with Crippen molar-refractivity contribution in [2.75, 3.05) is 26.8 Å². The highest BCUT2D eigenvalue weighted by Crippen LogP contribution is 2.16. The van der Waals surface area contributed by atoms with Gasteiger partial charge in [-0.2, -0.15) is 0 Å². The van der Waals surface area contributed by atoms with Gasteiger partial charge in [0.15, 0.2) is 0 Å². The number of sulfonamides is 1. The maximum atomic E-state index is 11.8. The summed E-state index contributed by atoms with van der Waals surface area (Å²) in [6, 6.07) is 2.75. The van der Waals surface area contributed by atoms with E-state index in [-0.39, 0.29) is 16.6 Å². The highest BCUT2D eigenvalue weighted by molar-refractivity contribution is 7.89. The minimum atomic E-state index is -3.85. The first-order valence-corrected chi connectivity index (χ1v) is 7.19. The molecule has 0 saturated heterocycles. The summed E-state index contributed by atoms with van der Waals surface area (Å²) in [4.78, 5) is 14.8. The monoisotopic (exact) mass is 307 g/mol. The zero-order chi connectivity index (χ0) is 14.3. The van der Waals surface area contributed by atoms with Crippen molar-refractivity contribution < 1.29 is 17.9 Å². The molecule has 1 heterocycles. The van der Waals surface area contributed by atoms with Crippen molar-refractivity contribution in [1.29, 1.82) is 0 Å².